The Labute approximate surface area is 57.5 Å². The summed E-state index contributed by atoms with van der Waals surface area (Å²) in [5.74, 6) is 0. The van der Waals surface area contributed by atoms with Crippen LogP contribution in [-0.4, -0.2) is 25.2 Å². The lowest BCUT2D eigenvalue weighted by atomic mass is 10.9. The van der Waals surface area contributed by atoms with Crippen LogP contribution in [0.3, 0.4) is 0 Å². The Morgan fingerprint density at radius 3 is 2.56 bits per heavy atom. The van der Waals surface area contributed by atoms with Gasteiger partial charge in [0.2, 0.25) is 0 Å². The first-order valence-electron chi connectivity index (χ1n) is 2.63. The predicted octanol–water partition coefficient (Wildman–Crippen LogP) is 1.20. The van der Waals surface area contributed by atoms with Crippen LogP contribution < -0.4 is 0 Å². The van der Waals surface area contributed by atoms with E-state index in [0.717, 1.165) is 0 Å². The van der Waals surface area contributed by atoms with Crippen LogP contribution in [-0.2, 0) is 15.4 Å². The van der Waals surface area contributed by atoms with Crippen molar-refractivity contribution in [1.29, 1.82) is 0 Å². The van der Waals surface area contributed by atoms with Gasteiger partial charge in [0.1, 0.15) is 0 Å². The summed E-state index contributed by atoms with van der Waals surface area (Å²) in [6.07, 6.45) is 3.26. The number of rotatable bonds is 1. The maximum Gasteiger partial charge on any atom is 0.439 e. The standard InChI is InChI=1S/C5H11NO2S/c1-4-8-5(7)6-9(2)3/h4H2,1-3H3. The first kappa shape index (κ1) is 8.62. The molecule has 0 bridgehead atoms. The number of ether oxygens (including phenoxy) is 1. The van der Waals surface area contributed by atoms with Crippen molar-refractivity contribution in [3.8, 4) is 0 Å². The molecule has 1 amide bonds. The van der Waals surface area contributed by atoms with Gasteiger partial charge in [-0.05, 0) is 19.4 Å². The third-order valence-corrected chi connectivity index (χ3v) is 1.04. The lowest BCUT2D eigenvalue weighted by Crippen LogP contribution is -1.98. The topological polar surface area (TPSA) is 38.7 Å². The van der Waals surface area contributed by atoms with Crippen molar-refractivity contribution >= 4 is 16.8 Å². The molecule has 54 valence electrons. The maximum atomic E-state index is 10.5. The Morgan fingerprint density at radius 2 is 2.22 bits per heavy atom. The minimum absolute atomic E-state index is 0.197. The van der Waals surface area contributed by atoms with Crippen LogP contribution in [0.15, 0.2) is 4.36 Å². The fraction of sp³-hybridized carbons (Fsp3) is 0.800. The van der Waals surface area contributed by atoms with E-state index in [9.17, 15) is 4.79 Å². The van der Waals surface area contributed by atoms with Gasteiger partial charge < -0.3 is 4.74 Å². The van der Waals surface area contributed by atoms with E-state index >= 15 is 0 Å². The van der Waals surface area contributed by atoms with E-state index < -0.39 is 6.09 Å². The molecule has 0 saturated heterocycles. The molecule has 0 aliphatic heterocycles. The third kappa shape index (κ3) is 5.49. The summed E-state index contributed by atoms with van der Waals surface area (Å²) in [5, 5.41) is 0. The molecule has 0 aliphatic carbocycles. The van der Waals surface area contributed by atoms with Crippen molar-refractivity contribution in [1.82, 2.24) is 0 Å². The summed E-state index contributed by atoms with van der Waals surface area (Å²) in [6, 6.07) is 0. The van der Waals surface area contributed by atoms with Gasteiger partial charge in [0, 0.05) is 0 Å². The van der Waals surface area contributed by atoms with Gasteiger partial charge in [-0.25, -0.2) is 4.79 Å². The lowest BCUT2D eigenvalue weighted by molar-refractivity contribution is 0.164. The fourth-order valence-corrected chi connectivity index (χ4v) is 0.650. The quantitative estimate of drug-likeness (QED) is 0.562. The monoisotopic (exact) mass is 149 g/mol. The molecular weight excluding hydrogens is 138 g/mol. The molecule has 0 radical (unpaired) electrons. The van der Waals surface area contributed by atoms with E-state index in [1.165, 1.54) is 0 Å². The molecule has 0 aromatic rings. The van der Waals surface area contributed by atoms with E-state index in [4.69, 9.17) is 0 Å². The van der Waals surface area contributed by atoms with Crippen molar-refractivity contribution in [2.75, 3.05) is 19.1 Å². The lowest BCUT2D eigenvalue weighted by Gasteiger charge is -1.93. The number of carbonyl (C=O) groups excluding carboxylic acids is 1. The molecule has 4 heteroatoms. The molecule has 9 heavy (non-hydrogen) atoms. The van der Waals surface area contributed by atoms with Crippen LogP contribution in [0.1, 0.15) is 6.92 Å². The van der Waals surface area contributed by atoms with Gasteiger partial charge in [-0.2, -0.15) is 4.36 Å². The molecule has 0 rings (SSSR count). The van der Waals surface area contributed by atoms with Crippen LogP contribution in [0.4, 0.5) is 4.79 Å². The molecule has 0 unspecified atom stereocenters. The number of hydrogen-bond acceptors (Lipinski definition) is 2. The van der Waals surface area contributed by atoms with E-state index in [-0.39, 0.29) is 10.7 Å². The van der Waals surface area contributed by atoms with E-state index in [0.29, 0.717) is 6.61 Å². The predicted molar refractivity (Wildman–Crippen MR) is 38.7 cm³/mol. The van der Waals surface area contributed by atoms with Crippen molar-refractivity contribution in [2.24, 2.45) is 4.36 Å². The van der Waals surface area contributed by atoms with Crippen LogP contribution >= 0.6 is 0 Å². The Morgan fingerprint density at radius 1 is 1.67 bits per heavy atom. The van der Waals surface area contributed by atoms with Gasteiger partial charge >= 0.3 is 6.09 Å². The normalized spacial score (nSPS) is 9.33. The van der Waals surface area contributed by atoms with E-state index in [1.807, 2.05) is 12.5 Å². The first-order chi connectivity index (χ1) is 4.16. The minimum atomic E-state index is -0.453. The Bertz CT molecular complexity index is 129. The second-order valence-electron chi connectivity index (χ2n) is 1.56. The third-order valence-electron chi connectivity index (χ3n) is 0.525. The molecule has 0 atom stereocenters. The second kappa shape index (κ2) is 4.49. The summed E-state index contributed by atoms with van der Waals surface area (Å²) in [6.45, 7) is 2.16. The van der Waals surface area contributed by atoms with Crippen LogP contribution in [0, 0.1) is 0 Å². The van der Waals surface area contributed by atoms with Crippen LogP contribution in [0.5, 0.6) is 0 Å². The van der Waals surface area contributed by atoms with E-state index in [2.05, 4.69) is 9.10 Å². The highest BCUT2D eigenvalue weighted by atomic mass is 32.2. The SMILES string of the molecule is CCOC(=O)N=S(C)C. The van der Waals surface area contributed by atoms with Crippen LogP contribution in [0.2, 0.25) is 0 Å². The molecule has 0 spiro atoms. The molecule has 0 aliphatic rings. The number of nitrogens with zero attached hydrogens (tertiary/aromatic N) is 1. The van der Waals surface area contributed by atoms with Gasteiger partial charge in [0.05, 0.1) is 6.61 Å². The van der Waals surface area contributed by atoms with Crippen molar-refractivity contribution in [3.05, 3.63) is 0 Å². The molecule has 0 saturated carbocycles. The Balaban J connectivity index is 3.63. The highest BCUT2D eigenvalue weighted by molar-refractivity contribution is 7.86. The zero-order valence-corrected chi connectivity index (χ0v) is 6.70. The summed E-state index contributed by atoms with van der Waals surface area (Å²) in [7, 11) is -0.197. The second-order valence-corrected chi connectivity index (χ2v) is 3.29. The van der Waals surface area contributed by atoms with Gasteiger partial charge in [-0.3, -0.25) is 0 Å². The minimum Gasteiger partial charge on any atom is -0.448 e. The summed E-state index contributed by atoms with van der Waals surface area (Å²) < 4.78 is 8.19. The average Bonchev–Trinajstić information content (AvgIpc) is 1.63. The maximum absolute atomic E-state index is 10.5. The Hall–Kier alpha value is -0.380. The zero-order chi connectivity index (χ0) is 7.28. The molecule has 3 nitrogen and oxygen atoms in total. The number of hydrogen-bond donors (Lipinski definition) is 0. The Kier molecular flexibility index (Phi) is 4.30. The fourth-order valence-electron chi connectivity index (χ4n) is 0.299. The van der Waals surface area contributed by atoms with Crippen LogP contribution in [0.25, 0.3) is 0 Å². The summed E-state index contributed by atoms with van der Waals surface area (Å²) in [4.78, 5) is 10.5. The van der Waals surface area contributed by atoms with Gasteiger partial charge in [-0.1, -0.05) is 10.7 Å². The van der Waals surface area contributed by atoms with Gasteiger partial charge in [-0.15, -0.1) is 0 Å². The largest absolute Gasteiger partial charge is 0.448 e. The zero-order valence-electron chi connectivity index (χ0n) is 5.88. The highest BCUT2D eigenvalue weighted by Gasteiger charge is 1.93. The summed E-state index contributed by atoms with van der Waals surface area (Å²) in [5.41, 5.74) is 0. The molecule has 0 aromatic heterocycles. The molecule has 0 N–H and O–H groups in total. The van der Waals surface area contributed by atoms with Crippen molar-refractivity contribution in [3.63, 3.8) is 0 Å². The van der Waals surface area contributed by atoms with Gasteiger partial charge in [0.25, 0.3) is 0 Å². The van der Waals surface area contributed by atoms with Crippen molar-refractivity contribution in [2.45, 2.75) is 6.92 Å². The number of amides is 1. The smallest absolute Gasteiger partial charge is 0.439 e. The van der Waals surface area contributed by atoms with E-state index in [1.54, 1.807) is 6.92 Å². The molecule has 0 aromatic carbocycles. The highest BCUT2D eigenvalue weighted by Crippen LogP contribution is 1.84. The molecular formula is C5H11NO2S. The van der Waals surface area contributed by atoms with Gasteiger partial charge in [0.15, 0.2) is 0 Å². The summed E-state index contributed by atoms with van der Waals surface area (Å²) >= 11 is 0. The van der Waals surface area contributed by atoms with Crippen molar-refractivity contribution < 1.29 is 9.53 Å². The first-order valence-corrected chi connectivity index (χ1v) is 4.62. The molecule has 0 heterocycles. The molecule has 0 fully saturated rings. The average molecular weight is 149 g/mol. The number of carbonyl (C=O) groups is 1.